The van der Waals surface area contributed by atoms with Gasteiger partial charge in [-0.25, -0.2) is 4.98 Å². The number of alkyl halides is 3. The van der Waals surface area contributed by atoms with Gasteiger partial charge >= 0.3 is 6.18 Å². The van der Waals surface area contributed by atoms with Crippen LogP contribution < -0.4 is 5.56 Å². The van der Waals surface area contributed by atoms with Gasteiger partial charge in [-0.05, 0) is 25.7 Å². The van der Waals surface area contributed by atoms with Crippen molar-refractivity contribution in [3.8, 4) is 11.1 Å². The second-order valence-corrected chi connectivity index (χ2v) is 6.53. The Morgan fingerprint density at radius 3 is 2.64 bits per heavy atom. The molecule has 4 rings (SSSR count). The molecule has 3 aromatic heterocycles. The molecule has 9 heteroatoms. The van der Waals surface area contributed by atoms with E-state index in [1.807, 2.05) is 0 Å². The molecular formula is C16H16F3N5O. The number of halogens is 3. The molecule has 0 spiro atoms. The van der Waals surface area contributed by atoms with E-state index in [2.05, 4.69) is 10.1 Å². The lowest BCUT2D eigenvalue weighted by Gasteiger charge is -2.11. The molecule has 0 amide bonds. The van der Waals surface area contributed by atoms with Crippen molar-refractivity contribution in [1.82, 2.24) is 23.7 Å². The van der Waals surface area contributed by atoms with Crippen LogP contribution in [0.2, 0.25) is 0 Å². The first-order chi connectivity index (χ1) is 11.8. The highest BCUT2D eigenvalue weighted by molar-refractivity contribution is 5.65. The third-order valence-corrected chi connectivity index (χ3v) is 4.57. The zero-order valence-electron chi connectivity index (χ0n) is 13.7. The quantitative estimate of drug-likeness (QED) is 0.729. The Morgan fingerprint density at radius 1 is 1.28 bits per heavy atom. The molecule has 0 saturated heterocycles. The van der Waals surface area contributed by atoms with Crippen molar-refractivity contribution in [2.45, 2.75) is 32.5 Å². The summed E-state index contributed by atoms with van der Waals surface area (Å²) in [5.41, 5.74) is -1.60. The highest BCUT2D eigenvalue weighted by Crippen LogP contribution is 2.35. The molecule has 0 unspecified atom stereocenters. The molecule has 1 saturated carbocycles. The van der Waals surface area contributed by atoms with Gasteiger partial charge in [0.25, 0.3) is 5.56 Å². The third-order valence-electron chi connectivity index (χ3n) is 4.57. The lowest BCUT2D eigenvalue weighted by atomic mass is 10.1. The summed E-state index contributed by atoms with van der Waals surface area (Å²) in [6.45, 7) is 2.36. The Bertz CT molecular complexity index is 1020. The first-order valence-electron chi connectivity index (χ1n) is 7.94. The molecule has 1 aliphatic rings. The van der Waals surface area contributed by atoms with Crippen molar-refractivity contribution < 1.29 is 13.2 Å². The minimum Gasteiger partial charge on any atom is -0.317 e. The van der Waals surface area contributed by atoms with Gasteiger partial charge in [-0.15, -0.1) is 0 Å². The predicted molar refractivity (Wildman–Crippen MR) is 84.1 cm³/mol. The number of hydrogen-bond acceptors (Lipinski definition) is 3. The minimum atomic E-state index is -4.74. The predicted octanol–water partition coefficient (Wildman–Crippen LogP) is 2.63. The van der Waals surface area contributed by atoms with Crippen molar-refractivity contribution in [2.75, 3.05) is 0 Å². The van der Waals surface area contributed by atoms with Crippen LogP contribution in [0.15, 0.2) is 23.4 Å². The Hall–Kier alpha value is -2.58. The molecule has 3 aromatic rings. The number of hydrogen-bond donors (Lipinski definition) is 0. The van der Waals surface area contributed by atoms with Crippen LogP contribution in [0.5, 0.6) is 0 Å². The summed E-state index contributed by atoms with van der Waals surface area (Å²) in [6.07, 6.45) is 1.75. The fourth-order valence-electron chi connectivity index (χ4n) is 2.93. The second kappa shape index (κ2) is 5.21. The van der Waals surface area contributed by atoms with Crippen LogP contribution in [0.1, 0.15) is 24.2 Å². The molecule has 25 heavy (non-hydrogen) atoms. The molecule has 0 aliphatic heterocycles. The molecule has 1 fully saturated rings. The molecule has 0 aromatic carbocycles. The molecule has 0 bridgehead atoms. The zero-order chi connectivity index (χ0) is 17.9. The van der Waals surface area contributed by atoms with Crippen molar-refractivity contribution in [2.24, 2.45) is 13.0 Å². The molecule has 6 nitrogen and oxygen atoms in total. The SMILES string of the molecule is Cc1cn2c(=O)c(-c3cnn(CC4CC4)c3)c(C(F)(F)F)nc2n1C. The number of rotatable bonds is 3. The maximum atomic E-state index is 13.6. The molecule has 3 heterocycles. The molecular weight excluding hydrogens is 335 g/mol. The monoisotopic (exact) mass is 351 g/mol. The van der Waals surface area contributed by atoms with E-state index < -0.39 is 23.0 Å². The molecule has 132 valence electrons. The van der Waals surface area contributed by atoms with E-state index in [9.17, 15) is 18.0 Å². The van der Waals surface area contributed by atoms with Gasteiger partial charge in [0, 0.05) is 37.2 Å². The van der Waals surface area contributed by atoms with Crippen molar-refractivity contribution in [3.63, 3.8) is 0 Å². The largest absolute Gasteiger partial charge is 0.434 e. The van der Waals surface area contributed by atoms with E-state index in [1.165, 1.54) is 23.2 Å². The molecule has 0 atom stereocenters. The summed E-state index contributed by atoms with van der Waals surface area (Å²) in [4.78, 5) is 16.5. The van der Waals surface area contributed by atoms with Gasteiger partial charge in [0.05, 0.1) is 11.8 Å². The first kappa shape index (κ1) is 15.9. The lowest BCUT2D eigenvalue weighted by Crippen LogP contribution is -2.23. The van der Waals surface area contributed by atoms with Crippen molar-refractivity contribution in [1.29, 1.82) is 0 Å². The number of aromatic nitrogens is 5. The Kier molecular flexibility index (Phi) is 3.32. The van der Waals surface area contributed by atoms with E-state index >= 15 is 0 Å². The molecule has 1 aliphatic carbocycles. The summed E-state index contributed by atoms with van der Waals surface area (Å²) in [5.74, 6) is 0.484. The Balaban J connectivity index is 1.96. The average Bonchev–Trinajstić information content (AvgIpc) is 3.14. The van der Waals surface area contributed by atoms with Crippen LogP contribution in [-0.2, 0) is 19.8 Å². The maximum absolute atomic E-state index is 13.6. The summed E-state index contributed by atoms with van der Waals surface area (Å²) >= 11 is 0. The van der Waals surface area contributed by atoms with E-state index in [4.69, 9.17) is 0 Å². The Morgan fingerprint density at radius 2 is 2.00 bits per heavy atom. The van der Waals surface area contributed by atoms with Crippen molar-refractivity contribution >= 4 is 5.78 Å². The minimum absolute atomic E-state index is 0.0380. The summed E-state index contributed by atoms with van der Waals surface area (Å²) in [5, 5.41) is 4.11. The smallest absolute Gasteiger partial charge is 0.317 e. The van der Waals surface area contributed by atoms with Crippen LogP contribution in [-0.4, -0.2) is 23.7 Å². The lowest BCUT2D eigenvalue weighted by molar-refractivity contribution is -0.140. The van der Waals surface area contributed by atoms with Gasteiger partial charge in [0.2, 0.25) is 5.78 Å². The maximum Gasteiger partial charge on any atom is 0.434 e. The normalized spacial score (nSPS) is 15.2. The van der Waals surface area contributed by atoms with Crippen LogP contribution in [0.4, 0.5) is 13.2 Å². The number of aryl methyl sites for hydroxylation is 2. The molecule has 0 radical (unpaired) electrons. The zero-order valence-corrected chi connectivity index (χ0v) is 13.7. The molecule has 0 N–H and O–H groups in total. The van der Waals surface area contributed by atoms with Crippen LogP contribution in [0, 0.1) is 12.8 Å². The van der Waals surface area contributed by atoms with Gasteiger partial charge in [0.1, 0.15) is 0 Å². The van der Waals surface area contributed by atoms with E-state index in [-0.39, 0.29) is 11.3 Å². The standard InChI is InChI=1S/C16H16F3N5O/c1-9-6-24-14(25)12(11-5-20-23(8-11)7-10-3-4-10)13(16(17,18)19)21-15(24)22(9)2/h5-6,8,10H,3-4,7H2,1-2H3. The topological polar surface area (TPSA) is 57.1 Å². The van der Waals surface area contributed by atoms with Crippen molar-refractivity contribution in [3.05, 3.63) is 40.3 Å². The number of imidazole rings is 1. The highest BCUT2D eigenvalue weighted by Gasteiger charge is 2.39. The van der Waals surface area contributed by atoms with Gasteiger partial charge < -0.3 is 4.57 Å². The van der Waals surface area contributed by atoms with Gasteiger partial charge in [0.15, 0.2) is 5.69 Å². The fourth-order valence-corrected chi connectivity index (χ4v) is 2.93. The summed E-state index contributed by atoms with van der Waals surface area (Å²) < 4.78 is 44.9. The number of nitrogens with zero attached hydrogens (tertiary/aromatic N) is 5. The van der Waals surface area contributed by atoms with E-state index in [1.54, 1.807) is 18.7 Å². The van der Waals surface area contributed by atoms with E-state index in [0.717, 1.165) is 17.2 Å². The second-order valence-electron chi connectivity index (χ2n) is 6.53. The van der Waals surface area contributed by atoms with Crippen LogP contribution in [0.3, 0.4) is 0 Å². The summed E-state index contributed by atoms with van der Waals surface area (Å²) in [7, 11) is 1.57. The van der Waals surface area contributed by atoms with Crippen LogP contribution >= 0.6 is 0 Å². The van der Waals surface area contributed by atoms with Gasteiger partial charge in [-0.3, -0.25) is 13.9 Å². The first-order valence-corrected chi connectivity index (χ1v) is 7.94. The number of fused-ring (bicyclic) bond motifs is 1. The average molecular weight is 351 g/mol. The van der Waals surface area contributed by atoms with Gasteiger partial charge in [-0.1, -0.05) is 0 Å². The highest BCUT2D eigenvalue weighted by atomic mass is 19.4. The van der Waals surface area contributed by atoms with Gasteiger partial charge in [-0.2, -0.15) is 18.3 Å². The van der Waals surface area contributed by atoms with E-state index in [0.29, 0.717) is 18.2 Å². The summed E-state index contributed by atoms with van der Waals surface area (Å²) in [6, 6.07) is 0. The van der Waals surface area contributed by atoms with Crippen LogP contribution in [0.25, 0.3) is 16.9 Å². The third kappa shape index (κ3) is 2.63. The fraction of sp³-hybridized carbons (Fsp3) is 0.438. The Labute approximate surface area is 140 Å².